The van der Waals surface area contributed by atoms with Crippen LogP contribution in [0.1, 0.15) is 17.3 Å². The highest BCUT2D eigenvalue weighted by molar-refractivity contribution is 7.89. The molecule has 2 heterocycles. The number of hydrogen-bond donors (Lipinski definition) is 1. The predicted octanol–water partition coefficient (Wildman–Crippen LogP) is 0.493. The number of likely N-dealkylation sites (tertiary alicyclic amines) is 1. The highest BCUT2D eigenvalue weighted by Gasteiger charge is 2.47. The molecule has 1 N–H and O–H groups in total. The van der Waals surface area contributed by atoms with E-state index in [-0.39, 0.29) is 38.0 Å². The zero-order chi connectivity index (χ0) is 17.5. The van der Waals surface area contributed by atoms with Gasteiger partial charge in [-0.15, -0.1) is 0 Å². The number of carbonyl (C=O) groups excluding carboxylic acids is 1. The molecule has 130 valence electrons. The van der Waals surface area contributed by atoms with Gasteiger partial charge in [0.2, 0.25) is 10.0 Å². The molecule has 0 aromatic heterocycles. The number of sulfonamides is 1. The van der Waals surface area contributed by atoms with Crippen LogP contribution in [0.15, 0.2) is 30.3 Å². The van der Waals surface area contributed by atoms with Gasteiger partial charge in [-0.25, -0.2) is 12.7 Å². The maximum Gasteiger partial charge on any atom is 0.308 e. The van der Waals surface area contributed by atoms with Crippen LogP contribution in [0.5, 0.6) is 0 Å². The molecule has 2 atom stereocenters. The zero-order valence-electron chi connectivity index (χ0n) is 13.3. The van der Waals surface area contributed by atoms with Crippen LogP contribution < -0.4 is 0 Å². The van der Waals surface area contributed by atoms with Crippen LogP contribution in [0.4, 0.5) is 0 Å². The molecule has 8 heteroatoms. The maximum atomic E-state index is 12.6. The summed E-state index contributed by atoms with van der Waals surface area (Å²) < 4.78 is 26.5. The third-order valence-electron chi connectivity index (χ3n) is 4.83. The Kier molecular flexibility index (Phi) is 4.35. The Morgan fingerprint density at radius 2 is 1.71 bits per heavy atom. The Morgan fingerprint density at radius 3 is 2.25 bits per heavy atom. The van der Waals surface area contributed by atoms with Crippen LogP contribution in [0.25, 0.3) is 0 Å². The molecule has 1 aromatic carbocycles. The molecular formula is C16H20N2O5S. The molecule has 0 radical (unpaired) electrons. The number of benzene rings is 1. The van der Waals surface area contributed by atoms with Crippen molar-refractivity contribution in [2.24, 2.45) is 11.8 Å². The van der Waals surface area contributed by atoms with Gasteiger partial charge in [-0.2, -0.15) is 0 Å². The largest absolute Gasteiger partial charge is 0.481 e. The minimum absolute atomic E-state index is 0.0158. The van der Waals surface area contributed by atoms with Gasteiger partial charge in [0, 0.05) is 31.7 Å². The van der Waals surface area contributed by atoms with E-state index in [1.54, 1.807) is 31.2 Å². The van der Waals surface area contributed by atoms with Gasteiger partial charge in [-0.05, 0) is 18.1 Å². The highest BCUT2D eigenvalue weighted by atomic mass is 32.2. The molecule has 0 bridgehead atoms. The summed E-state index contributed by atoms with van der Waals surface area (Å²) in [7, 11) is -3.57. The minimum Gasteiger partial charge on any atom is -0.481 e. The van der Waals surface area contributed by atoms with E-state index in [0.717, 1.165) is 0 Å². The smallest absolute Gasteiger partial charge is 0.308 e. The first-order valence-electron chi connectivity index (χ1n) is 7.87. The van der Waals surface area contributed by atoms with Crippen molar-refractivity contribution in [3.8, 4) is 0 Å². The molecule has 2 aliphatic heterocycles. The summed E-state index contributed by atoms with van der Waals surface area (Å²) in [6.07, 6.45) is 0. The van der Waals surface area contributed by atoms with E-state index in [4.69, 9.17) is 5.11 Å². The molecule has 7 nitrogen and oxygen atoms in total. The fourth-order valence-corrected chi connectivity index (χ4v) is 5.19. The van der Waals surface area contributed by atoms with Crippen LogP contribution in [0.2, 0.25) is 0 Å². The molecule has 2 aliphatic rings. The van der Waals surface area contributed by atoms with E-state index in [2.05, 4.69) is 0 Å². The van der Waals surface area contributed by atoms with Gasteiger partial charge in [-0.1, -0.05) is 25.1 Å². The van der Waals surface area contributed by atoms with Crippen LogP contribution in [0, 0.1) is 11.8 Å². The predicted molar refractivity (Wildman–Crippen MR) is 86.9 cm³/mol. The van der Waals surface area contributed by atoms with Crippen molar-refractivity contribution >= 4 is 21.9 Å². The number of amides is 1. The Hall–Kier alpha value is -1.93. The molecule has 24 heavy (non-hydrogen) atoms. The third kappa shape index (κ3) is 2.91. The van der Waals surface area contributed by atoms with Crippen LogP contribution in [-0.4, -0.2) is 66.0 Å². The fourth-order valence-electron chi connectivity index (χ4n) is 3.22. The fraction of sp³-hybridized carbons (Fsp3) is 0.500. The number of hydrogen-bond acceptors (Lipinski definition) is 4. The maximum absolute atomic E-state index is 12.6. The second-order valence-corrected chi connectivity index (χ2v) is 8.70. The second-order valence-electron chi connectivity index (χ2n) is 6.48. The molecule has 0 saturated carbocycles. The normalized spacial score (nSPS) is 25.5. The minimum atomic E-state index is -3.57. The molecule has 0 unspecified atom stereocenters. The molecule has 0 aliphatic carbocycles. The van der Waals surface area contributed by atoms with Crippen molar-refractivity contribution in [3.63, 3.8) is 0 Å². The summed E-state index contributed by atoms with van der Waals surface area (Å²) in [5, 5.41) is 8.50. The van der Waals surface area contributed by atoms with Crippen LogP contribution in [-0.2, 0) is 14.8 Å². The number of rotatable bonds is 4. The first-order valence-corrected chi connectivity index (χ1v) is 9.37. The van der Waals surface area contributed by atoms with Crippen molar-refractivity contribution in [1.29, 1.82) is 0 Å². The lowest BCUT2D eigenvalue weighted by atomic mass is 9.99. The van der Waals surface area contributed by atoms with E-state index in [9.17, 15) is 18.0 Å². The third-order valence-corrected chi connectivity index (χ3v) is 6.99. The lowest BCUT2D eigenvalue weighted by Crippen LogP contribution is -2.59. The van der Waals surface area contributed by atoms with Gasteiger partial charge < -0.3 is 10.0 Å². The van der Waals surface area contributed by atoms with Crippen molar-refractivity contribution in [1.82, 2.24) is 9.21 Å². The monoisotopic (exact) mass is 352 g/mol. The first-order chi connectivity index (χ1) is 11.3. The quantitative estimate of drug-likeness (QED) is 0.851. The Balaban J connectivity index is 1.63. The van der Waals surface area contributed by atoms with E-state index in [1.807, 2.05) is 6.07 Å². The van der Waals surface area contributed by atoms with Crippen molar-refractivity contribution < 1.29 is 23.1 Å². The Bertz CT molecular complexity index is 743. The van der Waals surface area contributed by atoms with Gasteiger partial charge in [-0.3, -0.25) is 9.59 Å². The first kappa shape index (κ1) is 16.9. The van der Waals surface area contributed by atoms with Crippen molar-refractivity contribution in [2.75, 3.05) is 26.2 Å². The molecule has 2 fully saturated rings. The zero-order valence-corrected chi connectivity index (χ0v) is 14.1. The van der Waals surface area contributed by atoms with E-state index in [1.165, 1.54) is 9.21 Å². The average Bonchev–Trinajstić information content (AvgIpc) is 2.89. The van der Waals surface area contributed by atoms with Crippen LogP contribution in [0.3, 0.4) is 0 Å². The summed E-state index contributed by atoms with van der Waals surface area (Å²) in [4.78, 5) is 24.9. The van der Waals surface area contributed by atoms with Gasteiger partial charge in [0.15, 0.2) is 0 Å². The Labute approximate surface area is 140 Å². The number of nitrogens with zero attached hydrogens (tertiary/aromatic N) is 2. The van der Waals surface area contributed by atoms with Crippen LogP contribution >= 0.6 is 0 Å². The molecule has 1 aromatic rings. The van der Waals surface area contributed by atoms with Crippen molar-refractivity contribution in [2.45, 2.75) is 12.2 Å². The van der Waals surface area contributed by atoms with E-state index < -0.39 is 27.2 Å². The van der Waals surface area contributed by atoms with Gasteiger partial charge in [0.25, 0.3) is 5.91 Å². The summed E-state index contributed by atoms with van der Waals surface area (Å²) in [5.74, 6) is -2.02. The van der Waals surface area contributed by atoms with E-state index in [0.29, 0.717) is 5.56 Å². The van der Waals surface area contributed by atoms with Gasteiger partial charge in [0.05, 0.1) is 5.92 Å². The summed E-state index contributed by atoms with van der Waals surface area (Å²) in [5.41, 5.74) is 0.536. The molecule has 0 spiro atoms. The SMILES string of the molecule is C[C@@H]1CN(S(=O)(=O)C2CN(C(=O)c3ccccc3)C2)C[C@H]1C(=O)O. The topological polar surface area (TPSA) is 95.0 Å². The lowest BCUT2D eigenvalue weighted by Gasteiger charge is -2.40. The summed E-state index contributed by atoms with van der Waals surface area (Å²) >= 11 is 0. The number of carboxylic acids is 1. The standard InChI is InChI=1S/C16H20N2O5S/c1-11-7-18(10-14(11)16(20)21)24(22,23)13-8-17(9-13)15(19)12-5-3-2-4-6-12/h2-6,11,13-14H,7-10H2,1H3,(H,20,21)/t11-,14-/m1/s1. The van der Waals surface area contributed by atoms with Gasteiger partial charge in [0.1, 0.15) is 5.25 Å². The highest BCUT2D eigenvalue weighted by Crippen LogP contribution is 2.30. The van der Waals surface area contributed by atoms with Crippen molar-refractivity contribution in [3.05, 3.63) is 35.9 Å². The Morgan fingerprint density at radius 1 is 1.08 bits per heavy atom. The average molecular weight is 352 g/mol. The van der Waals surface area contributed by atoms with E-state index >= 15 is 0 Å². The lowest BCUT2D eigenvalue weighted by molar-refractivity contribution is -0.142. The molecule has 2 saturated heterocycles. The number of carboxylic acid groups (broad SMARTS) is 1. The summed E-state index contributed by atoms with van der Waals surface area (Å²) in [6, 6.07) is 8.74. The number of carbonyl (C=O) groups is 2. The molecule has 1 amide bonds. The second kappa shape index (κ2) is 6.18. The summed E-state index contributed by atoms with van der Waals surface area (Å²) in [6.45, 7) is 2.29. The molecular weight excluding hydrogens is 332 g/mol. The van der Waals surface area contributed by atoms with Gasteiger partial charge >= 0.3 is 5.97 Å². The number of aliphatic carboxylic acids is 1. The molecule has 3 rings (SSSR count).